The van der Waals surface area contributed by atoms with E-state index in [0.717, 1.165) is 51.3 Å². The Morgan fingerprint density at radius 2 is 1.43 bits per heavy atom. The monoisotopic (exact) mass is 1040 g/mol. The maximum Gasteiger partial charge on any atom is 0.258 e. The van der Waals surface area contributed by atoms with E-state index in [0.29, 0.717) is 43.9 Å². The van der Waals surface area contributed by atoms with Crippen LogP contribution in [0.4, 0.5) is 0 Å². The molecule has 3 aliphatic heterocycles. The predicted molar refractivity (Wildman–Crippen MR) is 281 cm³/mol. The van der Waals surface area contributed by atoms with Gasteiger partial charge in [0.15, 0.2) is 12.4 Å². The number of hydrogen-bond donors (Lipinski definition) is 7. The zero-order valence-corrected chi connectivity index (χ0v) is 43.5. The smallest absolute Gasteiger partial charge is 0.258 e. The van der Waals surface area contributed by atoms with Gasteiger partial charge < -0.3 is 50.6 Å². The van der Waals surface area contributed by atoms with E-state index in [4.69, 9.17) is 9.47 Å². The molecule has 0 aliphatic carbocycles. The number of hydrogen-bond acceptors (Lipinski definition) is 15. The first-order valence-corrected chi connectivity index (χ1v) is 26.5. The van der Waals surface area contributed by atoms with Crippen LogP contribution in [0.15, 0.2) is 114 Å². The second-order valence-corrected chi connectivity index (χ2v) is 20.6. The second-order valence-electron chi connectivity index (χ2n) is 18.7. The number of aliphatic hydroxyl groups is 3. The molecule has 1 fully saturated rings. The molecule has 1 unspecified atom stereocenters. The summed E-state index contributed by atoms with van der Waals surface area (Å²) in [5.41, 5.74) is 6.89. The number of piperazine rings is 1. The Balaban J connectivity index is 0.000000199. The normalized spacial score (nSPS) is 16.6. The first-order chi connectivity index (χ1) is 35.7. The largest absolute Gasteiger partial charge is 0.486 e. The van der Waals surface area contributed by atoms with Crippen molar-refractivity contribution >= 4 is 27.6 Å². The summed E-state index contributed by atoms with van der Waals surface area (Å²) in [5, 5.41) is 41.1. The van der Waals surface area contributed by atoms with Gasteiger partial charge in [0.25, 0.3) is 11.8 Å². The number of aryl methyl sites for hydroxylation is 1. The van der Waals surface area contributed by atoms with Gasteiger partial charge in [-0.05, 0) is 79.4 Å². The number of β-amino-alcohol motifs (C(OH)–C–C–N with tert-alkyl or cyclic N) is 2. The minimum absolute atomic E-state index is 0.00471. The summed E-state index contributed by atoms with van der Waals surface area (Å²) in [6, 6.07) is 29.5. The van der Waals surface area contributed by atoms with E-state index in [-0.39, 0.29) is 73.9 Å². The average molecular weight is 1040 g/mol. The van der Waals surface area contributed by atoms with Gasteiger partial charge in [0.2, 0.25) is 10.0 Å². The van der Waals surface area contributed by atoms with E-state index in [1.165, 1.54) is 45.6 Å². The molecule has 1 saturated heterocycles. The topological polar surface area (TPSA) is 240 Å². The number of para-hydroxylation sites is 1. The van der Waals surface area contributed by atoms with Crippen LogP contribution in [0, 0.1) is 0 Å². The number of fused-ring (bicyclic) bond motifs is 2. The number of rotatable bonds is 21. The molecule has 4 heterocycles. The molecular weight excluding hydrogens is 967 g/mol. The number of amides is 2. The summed E-state index contributed by atoms with van der Waals surface area (Å²) in [6.45, 7) is 7.85. The minimum atomic E-state index is -3.87. The number of carbonyl (C=O) groups is 3. The van der Waals surface area contributed by atoms with E-state index in [9.17, 15) is 38.1 Å². The lowest BCUT2D eigenvalue weighted by Gasteiger charge is -2.32. The highest BCUT2D eigenvalue weighted by Gasteiger charge is 2.32. The molecular formula is C54H73N9O10S. The molecule has 3 aliphatic rings. The van der Waals surface area contributed by atoms with Crippen molar-refractivity contribution in [2.24, 2.45) is 7.05 Å². The molecule has 0 radical (unpaired) electrons. The van der Waals surface area contributed by atoms with Gasteiger partial charge in [-0.2, -0.15) is 4.31 Å². The number of carbonyl (C=O) groups excluding carboxylic acids is 3. The van der Waals surface area contributed by atoms with Crippen molar-refractivity contribution in [3.05, 3.63) is 143 Å². The van der Waals surface area contributed by atoms with Crippen LogP contribution in [0.3, 0.4) is 0 Å². The summed E-state index contributed by atoms with van der Waals surface area (Å²) >= 11 is 0. The third-order valence-corrected chi connectivity index (χ3v) is 14.5. The molecule has 19 nitrogen and oxygen atoms in total. The Hall–Kier alpha value is -6.07. The fourth-order valence-corrected chi connectivity index (χ4v) is 10.4. The van der Waals surface area contributed by atoms with Crippen molar-refractivity contribution in [3.63, 3.8) is 0 Å². The second kappa shape index (κ2) is 29.1. The number of likely N-dealkylation sites (N-methyl/N-ethyl adjacent to an activating group) is 1. The molecule has 400 valence electrons. The number of sulfonamides is 1. The highest BCUT2D eigenvalue weighted by molar-refractivity contribution is 7.89. The van der Waals surface area contributed by atoms with Crippen molar-refractivity contribution in [1.29, 1.82) is 0 Å². The molecule has 0 saturated carbocycles. The standard InChI is InChI=1S/C25H34N4O6S.C16H19N3O3.C13H20N2O/c30-17-21-15-29(12-10-26-21)36(33,34)24-8-4-3-7-23(24)35-18-25(32)27-13-22(31)16-28-11-9-19-5-1-2-6-20(19)14-28;1-12(20)10-22-15-5-3-4-13(8-15)16(21)17-7-6-14-9-19(2)11-18-14;1-14-8-13(16)10-15-7-6-11-4-2-3-5-12(11)9-15/h1-8,21-22,26,30-31H,9-18H2,(H,27,32);3-5,8-9,11H,6-7,10H2,1-2H3,(H,17,21);2-5,13-14,16H,6-10H2,1H3/t21?,22-;;13-/m1.1/s1. The van der Waals surface area contributed by atoms with Crippen molar-refractivity contribution in [2.45, 2.75) is 62.4 Å². The Labute approximate surface area is 434 Å². The quantitative estimate of drug-likeness (QED) is 0.0552. The van der Waals surface area contributed by atoms with Gasteiger partial charge in [-0.1, -0.05) is 66.7 Å². The van der Waals surface area contributed by atoms with Gasteiger partial charge >= 0.3 is 0 Å². The first kappa shape index (κ1) is 57.2. The molecule has 0 bridgehead atoms. The minimum Gasteiger partial charge on any atom is -0.486 e. The third kappa shape index (κ3) is 18.1. The molecule has 20 heteroatoms. The SMILES string of the molecule is CC(=O)COc1cccc(C(=O)NCCc2cn(C)cn2)c1.CNC[C@@H](O)CN1CCc2ccccc2C1.O=C(COc1ccccc1S(=O)(=O)N1CCNC(CO)C1)NC[C@@H](O)CN1CCc2ccccc2C1. The van der Waals surface area contributed by atoms with Crippen molar-refractivity contribution in [2.75, 3.05) is 92.3 Å². The lowest BCUT2D eigenvalue weighted by Crippen LogP contribution is -2.53. The van der Waals surface area contributed by atoms with E-state index in [1.54, 1.807) is 42.7 Å². The highest BCUT2D eigenvalue weighted by Crippen LogP contribution is 2.27. The molecule has 2 amide bonds. The van der Waals surface area contributed by atoms with Gasteiger partial charge in [-0.25, -0.2) is 13.4 Å². The summed E-state index contributed by atoms with van der Waals surface area (Å²) in [6.07, 6.45) is 5.35. The van der Waals surface area contributed by atoms with E-state index in [1.807, 2.05) is 37.0 Å². The molecule has 8 rings (SSSR count). The predicted octanol–water partition coefficient (Wildman–Crippen LogP) is 1.54. The van der Waals surface area contributed by atoms with Crippen LogP contribution >= 0.6 is 0 Å². The van der Waals surface area contributed by atoms with Crippen LogP contribution in [0.2, 0.25) is 0 Å². The summed E-state index contributed by atoms with van der Waals surface area (Å²) in [4.78, 5) is 44.0. The zero-order valence-electron chi connectivity index (χ0n) is 42.7. The van der Waals surface area contributed by atoms with Gasteiger partial charge in [0.05, 0.1) is 30.8 Å². The first-order valence-electron chi connectivity index (χ1n) is 25.1. The number of ether oxygens (including phenoxy) is 2. The van der Waals surface area contributed by atoms with Crippen LogP contribution < -0.4 is 30.7 Å². The van der Waals surface area contributed by atoms with Crippen LogP contribution in [0.25, 0.3) is 0 Å². The maximum atomic E-state index is 13.2. The van der Waals surface area contributed by atoms with Gasteiger partial charge in [-0.15, -0.1) is 0 Å². The number of aliphatic hydroxyl groups excluding tert-OH is 3. The average Bonchev–Trinajstić information content (AvgIpc) is 3.83. The van der Waals surface area contributed by atoms with Crippen molar-refractivity contribution in [3.8, 4) is 11.5 Å². The number of nitrogens with one attached hydrogen (secondary N) is 4. The fourth-order valence-electron chi connectivity index (χ4n) is 8.78. The molecule has 1 aromatic heterocycles. The number of ketones is 1. The summed E-state index contributed by atoms with van der Waals surface area (Å²) in [5.74, 6) is -0.103. The summed E-state index contributed by atoms with van der Waals surface area (Å²) in [7, 11) is -0.0928. The van der Waals surface area contributed by atoms with Crippen molar-refractivity contribution in [1.82, 2.24) is 44.9 Å². The van der Waals surface area contributed by atoms with Crippen molar-refractivity contribution < 1.29 is 47.6 Å². The van der Waals surface area contributed by atoms with Gasteiger partial charge in [0.1, 0.15) is 23.0 Å². The highest BCUT2D eigenvalue weighted by atomic mass is 32.2. The number of nitrogens with zero attached hydrogens (tertiary/aromatic N) is 5. The van der Waals surface area contributed by atoms with Crippen LogP contribution in [0.5, 0.6) is 11.5 Å². The van der Waals surface area contributed by atoms with E-state index >= 15 is 0 Å². The molecule has 7 N–H and O–H groups in total. The van der Waals surface area contributed by atoms with E-state index < -0.39 is 22.0 Å². The van der Waals surface area contributed by atoms with E-state index in [2.05, 4.69) is 72.4 Å². The molecule has 0 spiro atoms. The molecule has 4 aromatic carbocycles. The lowest BCUT2D eigenvalue weighted by atomic mass is 10.00. The molecule has 5 aromatic rings. The Bertz CT molecular complexity index is 2690. The summed E-state index contributed by atoms with van der Waals surface area (Å²) < 4.78 is 40.4. The molecule has 3 atom stereocenters. The maximum absolute atomic E-state index is 13.2. The zero-order chi connectivity index (χ0) is 52.9. The van der Waals surface area contributed by atoms with Crippen LogP contribution in [-0.2, 0) is 59.0 Å². The van der Waals surface area contributed by atoms with Gasteiger partial charge in [0, 0.05) is 110 Å². The molecule has 74 heavy (non-hydrogen) atoms. The number of benzene rings is 4. The fraction of sp³-hybridized carbons (Fsp3) is 0.444. The van der Waals surface area contributed by atoms with Gasteiger partial charge in [-0.3, -0.25) is 24.2 Å². The number of imidazole rings is 1. The number of aromatic nitrogens is 2. The number of Topliss-reactive ketones (excluding diaryl/α,β-unsaturated/α-hetero) is 1. The Morgan fingerprint density at radius 1 is 0.797 bits per heavy atom. The van der Waals surface area contributed by atoms with Crippen LogP contribution in [-0.4, -0.2) is 176 Å². The Morgan fingerprint density at radius 3 is 2.05 bits per heavy atom. The Kier molecular flexibility index (Phi) is 22.5. The third-order valence-electron chi connectivity index (χ3n) is 12.6. The van der Waals surface area contributed by atoms with Crippen LogP contribution in [0.1, 0.15) is 45.2 Å². The lowest BCUT2D eigenvalue weighted by molar-refractivity contribution is -0.123.